The Labute approximate surface area is 126 Å². The van der Waals surface area contributed by atoms with E-state index in [1.54, 1.807) is 14.0 Å². The van der Waals surface area contributed by atoms with Crippen LogP contribution in [0.25, 0.3) is 0 Å². The fourth-order valence-electron chi connectivity index (χ4n) is 2.01. The Morgan fingerprint density at radius 3 is 2.57 bits per heavy atom. The van der Waals surface area contributed by atoms with Crippen LogP contribution >= 0.6 is 0 Å². The minimum absolute atomic E-state index is 0.386. The summed E-state index contributed by atoms with van der Waals surface area (Å²) < 4.78 is 15.7. The highest BCUT2D eigenvalue weighted by Gasteiger charge is 2.28. The first-order valence-electron chi connectivity index (χ1n) is 7.05. The molecule has 2 N–H and O–H groups in total. The van der Waals surface area contributed by atoms with Gasteiger partial charge >= 0.3 is 5.97 Å². The standard InChI is InChI=1S/C16H25NO4/c1-12-7-8-13(14(11-12)19-3)21-10-6-5-9-16(2,17)15(18)20-4/h7-8,11H,5-6,9-10,17H2,1-4H3. The summed E-state index contributed by atoms with van der Waals surface area (Å²) in [6, 6.07) is 5.81. The van der Waals surface area contributed by atoms with Gasteiger partial charge in [-0.15, -0.1) is 0 Å². The molecule has 0 radical (unpaired) electrons. The SMILES string of the molecule is COC(=O)C(C)(N)CCCCOc1ccc(C)cc1OC. The smallest absolute Gasteiger partial charge is 0.325 e. The van der Waals surface area contributed by atoms with Gasteiger partial charge in [0.15, 0.2) is 11.5 Å². The van der Waals surface area contributed by atoms with Crippen LogP contribution in [-0.2, 0) is 9.53 Å². The normalized spacial score (nSPS) is 13.4. The van der Waals surface area contributed by atoms with Gasteiger partial charge in [-0.25, -0.2) is 0 Å². The molecular weight excluding hydrogens is 270 g/mol. The summed E-state index contributed by atoms with van der Waals surface area (Å²) in [5, 5.41) is 0. The van der Waals surface area contributed by atoms with Crippen molar-refractivity contribution in [3.05, 3.63) is 23.8 Å². The van der Waals surface area contributed by atoms with Crippen LogP contribution in [0.2, 0.25) is 0 Å². The molecule has 0 aliphatic carbocycles. The molecule has 1 rings (SSSR count). The largest absolute Gasteiger partial charge is 0.493 e. The van der Waals surface area contributed by atoms with Gasteiger partial charge in [-0.3, -0.25) is 4.79 Å². The first-order chi connectivity index (χ1) is 9.90. The molecule has 0 heterocycles. The number of methoxy groups -OCH3 is 2. The van der Waals surface area contributed by atoms with E-state index < -0.39 is 5.54 Å². The molecule has 0 bridgehead atoms. The molecule has 0 aliphatic rings. The fourth-order valence-corrected chi connectivity index (χ4v) is 2.01. The lowest BCUT2D eigenvalue weighted by Crippen LogP contribution is -2.45. The Kier molecular flexibility index (Phi) is 6.49. The van der Waals surface area contributed by atoms with E-state index in [0.717, 1.165) is 29.9 Å². The highest BCUT2D eigenvalue weighted by Crippen LogP contribution is 2.28. The predicted octanol–water partition coefficient (Wildman–Crippen LogP) is 2.44. The molecule has 0 saturated carbocycles. The van der Waals surface area contributed by atoms with Gasteiger partial charge in [-0.05, 0) is 50.8 Å². The molecule has 118 valence electrons. The minimum Gasteiger partial charge on any atom is -0.493 e. The maximum atomic E-state index is 11.4. The third-order valence-corrected chi connectivity index (χ3v) is 3.32. The second-order valence-corrected chi connectivity index (χ2v) is 5.37. The van der Waals surface area contributed by atoms with Crippen molar-refractivity contribution in [1.82, 2.24) is 0 Å². The van der Waals surface area contributed by atoms with Crippen LogP contribution in [0.4, 0.5) is 0 Å². The lowest BCUT2D eigenvalue weighted by Gasteiger charge is -2.21. The van der Waals surface area contributed by atoms with Crippen LogP contribution in [0.5, 0.6) is 11.5 Å². The monoisotopic (exact) mass is 295 g/mol. The van der Waals surface area contributed by atoms with Gasteiger partial charge in [0.2, 0.25) is 0 Å². The summed E-state index contributed by atoms with van der Waals surface area (Å²) in [5.74, 6) is 1.07. The number of esters is 1. The van der Waals surface area contributed by atoms with Gasteiger partial charge in [-0.1, -0.05) is 6.07 Å². The van der Waals surface area contributed by atoms with Gasteiger partial charge in [-0.2, -0.15) is 0 Å². The average molecular weight is 295 g/mol. The lowest BCUT2D eigenvalue weighted by molar-refractivity contribution is -0.146. The number of carbonyl (C=O) groups is 1. The molecule has 5 heteroatoms. The fraction of sp³-hybridized carbons (Fsp3) is 0.562. The summed E-state index contributed by atoms with van der Waals surface area (Å²) in [6.45, 7) is 4.24. The molecule has 0 aromatic heterocycles. The number of benzene rings is 1. The second kappa shape index (κ2) is 7.88. The third-order valence-electron chi connectivity index (χ3n) is 3.32. The Balaban J connectivity index is 2.37. The van der Waals surface area contributed by atoms with E-state index in [1.165, 1.54) is 7.11 Å². The van der Waals surface area contributed by atoms with Crippen LogP contribution in [0.3, 0.4) is 0 Å². The Hall–Kier alpha value is -1.75. The average Bonchev–Trinajstić information content (AvgIpc) is 2.46. The number of ether oxygens (including phenoxy) is 3. The molecule has 5 nitrogen and oxygen atoms in total. The topological polar surface area (TPSA) is 70.8 Å². The highest BCUT2D eigenvalue weighted by atomic mass is 16.5. The van der Waals surface area contributed by atoms with Crippen molar-refractivity contribution in [3.63, 3.8) is 0 Å². The van der Waals surface area contributed by atoms with Crippen molar-refractivity contribution >= 4 is 5.97 Å². The summed E-state index contributed by atoms with van der Waals surface area (Å²) in [4.78, 5) is 11.4. The summed E-state index contributed by atoms with van der Waals surface area (Å²) in [7, 11) is 2.97. The van der Waals surface area contributed by atoms with Gasteiger partial charge in [0.25, 0.3) is 0 Å². The van der Waals surface area contributed by atoms with Crippen molar-refractivity contribution in [2.45, 2.75) is 38.6 Å². The zero-order valence-corrected chi connectivity index (χ0v) is 13.3. The lowest BCUT2D eigenvalue weighted by atomic mass is 9.96. The summed E-state index contributed by atoms with van der Waals surface area (Å²) in [5.41, 5.74) is 6.08. The van der Waals surface area contributed by atoms with Crippen molar-refractivity contribution < 1.29 is 19.0 Å². The Morgan fingerprint density at radius 1 is 1.24 bits per heavy atom. The van der Waals surface area contributed by atoms with Crippen LogP contribution in [0.15, 0.2) is 18.2 Å². The third kappa shape index (κ3) is 5.27. The Morgan fingerprint density at radius 2 is 1.95 bits per heavy atom. The van der Waals surface area contributed by atoms with E-state index in [4.69, 9.17) is 15.2 Å². The number of nitrogens with two attached hydrogens (primary N) is 1. The highest BCUT2D eigenvalue weighted by molar-refractivity contribution is 5.79. The maximum Gasteiger partial charge on any atom is 0.325 e. The van der Waals surface area contributed by atoms with Gasteiger partial charge in [0, 0.05) is 0 Å². The maximum absolute atomic E-state index is 11.4. The van der Waals surface area contributed by atoms with Crippen LogP contribution in [0.1, 0.15) is 31.7 Å². The molecule has 21 heavy (non-hydrogen) atoms. The van der Waals surface area contributed by atoms with E-state index in [-0.39, 0.29) is 5.97 Å². The van der Waals surface area contributed by atoms with Crippen molar-refractivity contribution in [1.29, 1.82) is 0 Å². The Bertz CT molecular complexity index is 471. The van der Waals surface area contributed by atoms with Crippen molar-refractivity contribution in [3.8, 4) is 11.5 Å². The molecule has 1 aromatic carbocycles. The molecule has 0 amide bonds. The predicted molar refractivity (Wildman–Crippen MR) is 81.7 cm³/mol. The molecule has 0 fully saturated rings. The number of carbonyl (C=O) groups excluding carboxylic acids is 1. The van der Waals surface area contributed by atoms with E-state index in [9.17, 15) is 4.79 Å². The molecule has 1 atom stereocenters. The number of aryl methyl sites for hydroxylation is 1. The minimum atomic E-state index is -0.934. The molecule has 1 unspecified atom stereocenters. The van der Waals surface area contributed by atoms with Crippen molar-refractivity contribution in [2.75, 3.05) is 20.8 Å². The van der Waals surface area contributed by atoms with Gasteiger partial charge in [0.1, 0.15) is 5.54 Å². The quantitative estimate of drug-likeness (QED) is 0.589. The first-order valence-corrected chi connectivity index (χ1v) is 7.05. The number of hydrogen-bond donors (Lipinski definition) is 1. The number of rotatable bonds is 8. The molecule has 1 aromatic rings. The van der Waals surface area contributed by atoms with E-state index >= 15 is 0 Å². The van der Waals surface area contributed by atoms with Gasteiger partial charge < -0.3 is 19.9 Å². The van der Waals surface area contributed by atoms with E-state index in [0.29, 0.717) is 13.0 Å². The van der Waals surface area contributed by atoms with E-state index in [1.807, 2.05) is 25.1 Å². The second-order valence-electron chi connectivity index (χ2n) is 5.37. The number of unbranched alkanes of at least 4 members (excludes halogenated alkanes) is 1. The molecule has 0 aliphatic heterocycles. The van der Waals surface area contributed by atoms with Crippen molar-refractivity contribution in [2.24, 2.45) is 5.73 Å². The molecule has 0 spiro atoms. The summed E-state index contributed by atoms with van der Waals surface area (Å²) >= 11 is 0. The summed E-state index contributed by atoms with van der Waals surface area (Å²) in [6.07, 6.45) is 2.16. The van der Waals surface area contributed by atoms with Crippen LogP contribution < -0.4 is 15.2 Å². The molecule has 0 saturated heterocycles. The first kappa shape index (κ1) is 17.3. The van der Waals surface area contributed by atoms with Crippen LogP contribution in [0, 0.1) is 6.92 Å². The number of hydrogen-bond acceptors (Lipinski definition) is 5. The van der Waals surface area contributed by atoms with Crippen LogP contribution in [-0.4, -0.2) is 32.3 Å². The van der Waals surface area contributed by atoms with E-state index in [2.05, 4.69) is 4.74 Å². The zero-order valence-electron chi connectivity index (χ0n) is 13.3. The zero-order chi connectivity index (χ0) is 15.9. The molecular formula is C16H25NO4. The van der Waals surface area contributed by atoms with Gasteiger partial charge in [0.05, 0.1) is 20.8 Å².